The van der Waals surface area contributed by atoms with E-state index in [0.29, 0.717) is 12.3 Å². The van der Waals surface area contributed by atoms with Gasteiger partial charge in [0, 0.05) is 38.3 Å². The maximum Gasteiger partial charge on any atom is 0.120 e. The Bertz CT molecular complexity index is 728. The van der Waals surface area contributed by atoms with Crippen LogP contribution in [-0.2, 0) is 6.54 Å². The summed E-state index contributed by atoms with van der Waals surface area (Å²) in [6.07, 6.45) is 5.38. The second kappa shape index (κ2) is 6.91. The summed E-state index contributed by atoms with van der Waals surface area (Å²) in [5, 5.41) is 12.5. The van der Waals surface area contributed by atoms with Crippen molar-refractivity contribution in [2.24, 2.45) is 0 Å². The fraction of sp³-hybridized carbons (Fsp3) is 0.368. The number of nitrogens with zero attached hydrogens (tertiary/aromatic N) is 2. The van der Waals surface area contributed by atoms with E-state index in [0.717, 1.165) is 54.8 Å². The van der Waals surface area contributed by atoms with Gasteiger partial charge in [0.15, 0.2) is 0 Å². The molecular weight excluding hydrogens is 288 g/mol. The number of terminal acetylenes is 1. The van der Waals surface area contributed by atoms with E-state index < -0.39 is 0 Å². The van der Waals surface area contributed by atoms with E-state index in [-0.39, 0.29) is 0 Å². The molecule has 1 aliphatic rings. The standard InChI is InChI=1S/C19H22N2O2/c1-3-8-20-9-11-21(12-10-20)14-18-17-13-16(23-2)6-4-15(17)5-7-19(18)22/h1,4-7,13,22H,8-12,14H2,2H3. The summed E-state index contributed by atoms with van der Waals surface area (Å²) >= 11 is 0. The number of phenols is 1. The molecule has 1 heterocycles. The molecule has 0 radical (unpaired) electrons. The van der Waals surface area contributed by atoms with Crippen molar-refractivity contribution in [3.8, 4) is 23.8 Å². The van der Waals surface area contributed by atoms with Crippen molar-refractivity contribution < 1.29 is 9.84 Å². The van der Waals surface area contributed by atoms with Crippen LogP contribution >= 0.6 is 0 Å². The Morgan fingerprint density at radius 1 is 1.13 bits per heavy atom. The Balaban J connectivity index is 1.82. The topological polar surface area (TPSA) is 35.9 Å². The Kier molecular flexibility index (Phi) is 4.71. The highest BCUT2D eigenvalue weighted by atomic mass is 16.5. The molecule has 4 heteroatoms. The minimum absolute atomic E-state index is 0.344. The van der Waals surface area contributed by atoms with Gasteiger partial charge < -0.3 is 9.84 Å². The number of benzene rings is 2. The minimum atomic E-state index is 0.344. The summed E-state index contributed by atoms with van der Waals surface area (Å²) in [6, 6.07) is 9.69. The van der Waals surface area contributed by atoms with Gasteiger partial charge in [0.25, 0.3) is 0 Å². The molecule has 0 aliphatic carbocycles. The Morgan fingerprint density at radius 2 is 1.83 bits per heavy atom. The van der Waals surface area contributed by atoms with E-state index in [1.807, 2.05) is 24.3 Å². The molecular formula is C19H22N2O2. The van der Waals surface area contributed by atoms with Crippen LogP contribution in [0.25, 0.3) is 10.8 Å². The summed E-state index contributed by atoms with van der Waals surface area (Å²) in [6.45, 7) is 5.31. The Morgan fingerprint density at radius 3 is 2.52 bits per heavy atom. The lowest BCUT2D eigenvalue weighted by atomic mass is 10.0. The molecule has 0 bridgehead atoms. The first-order valence-corrected chi connectivity index (χ1v) is 7.88. The Labute approximate surface area is 137 Å². The van der Waals surface area contributed by atoms with E-state index in [9.17, 15) is 5.11 Å². The van der Waals surface area contributed by atoms with Gasteiger partial charge in [0.05, 0.1) is 13.7 Å². The number of methoxy groups -OCH3 is 1. The van der Waals surface area contributed by atoms with Crippen molar-refractivity contribution >= 4 is 10.8 Å². The molecule has 0 spiro atoms. The monoisotopic (exact) mass is 310 g/mol. The summed E-state index contributed by atoms with van der Waals surface area (Å²) in [7, 11) is 1.66. The average molecular weight is 310 g/mol. The highest BCUT2D eigenvalue weighted by Crippen LogP contribution is 2.31. The van der Waals surface area contributed by atoms with Gasteiger partial charge >= 0.3 is 0 Å². The zero-order chi connectivity index (χ0) is 16.2. The molecule has 1 N–H and O–H groups in total. The highest BCUT2D eigenvalue weighted by molar-refractivity contribution is 5.88. The van der Waals surface area contributed by atoms with Crippen molar-refractivity contribution in [2.45, 2.75) is 6.54 Å². The van der Waals surface area contributed by atoms with Crippen LogP contribution in [0.2, 0.25) is 0 Å². The fourth-order valence-electron chi connectivity index (χ4n) is 3.10. The van der Waals surface area contributed by atoms with Crippen LogP contribution < -0.4 is 4.74 Å². The van der Waals surface area contributed by atoms with Crippen LogP contribution in [0.15, 0.2) is 30.3 Å². The van der Waals surface area contributed by atoms with Gasteiger partial charge in [-0.25, -0.2) is 0 Å². The largest absolute Gasteiger partial charge is 0.508 e. The SMILES string of the molecule is C#CCN1CCN(Cc2c(O)ccc3ccc(OC)cc23)CC1. The number of aromatic hydroxyl groups is 1. The molecule has 4 nitrogen and oxygen atoms in total. The van der Waals surface area contributed by atoms with Crippen LogP contribution in [-0.4, -0.2) is 54.7 Å². The summed E-state index contributed by atoms with van der Waals surface area (Å²) in [5.74, 6) is 3.85. The molecule has 0 amide bonds. The van der Waals surface area contributed by atoms with Crippen molar-refractivity contribution in [3.05, 3.63) is 35.9 Å². The molecule has 0 aromatic heterocycles. The van der Waals surface area contributed by atoms with E-state index >= 15 is 0 Å². The van der Waals surface area contributed by atoms with Gasteiger partial charge in [-0.05, 0) is 29.0 Å². The molecule has 1 fully saturated rings. The number of piperazine rings is 1. The number of hydrogen-bond donors (Lipinski definition) is 1. The summed E-state index contributed by atoms with van der Waals surface area (Å²) < 4.78 is 5.33. The average Bonchev–Trinajstić information content (AvgIpc) is 2.59. The van der Waals surface area contributed by atoms with Gasteiger partial charge in [-0.3, -0.25) is 9.80 Å². The van der Waals surface area contributed by atoms with Crippen LogP contribution in [0.3, 0.4) is 0 Å². The smallest absolute Gasteiger partial charge is 0.120 e. The van der Waals surface area contributed by atoms with Crippen molar-refractivity contribution in [3.63, 3.8) is 0 Å². The normalized spacial score (nSPS) is 16.3. The maximum atomic E-state index is 10.3. The van der Waals surface area contributed by atoms with Crippen LogP contribution in [0.5, 0.6) is 11.5 Å². The fourth-order valence-corrected chi connectivity index (χ4v) is 3.10. The van der Waals surface area contributed by atoms with Gasteiger partial charge in [-0.2, -0.15) is 0 Å². The van der Waals surface area contributed by atoms with Gasteiger partial charge in [-0.15, -0.1) is 6.42 Å². The van der Waals surface area contributed by atoms with Gasteiger partial charge in [0.1, 0.15) is 11.5 Å². The van der Waals surface area contributed by atoms with Crippen molar-refractivity contribution in [1.29, 1.82) is 0 Å². The number of ether oxygens (including phenoxy) is 1. The highest BCUT2D eigenvalue weighted by Gasteiger charge is 2.18. The molecule has 1 aliphatic heterocycles. The first-order valence-electron chi connectivity index (χ1n) is 7.88. The maximum absolute atomic E-state index is 10.3. The third kappa shape index (κ3) is 3.42. The third-order valence-electron chi connectivity index (χ3n) is 4.48. The first kappa shape index (κ1) is 15.7. The van der Waals surface area contributed by atoms with Crippen LogP contribution in [0.1, 0.15) is 5.56 Å². The minimum Gasteiger partial charge on any atom is -0.508 e. The number of phenolic OH excluding ortho intramolecular Hbond substituents is 1. The molecule has 3 rings (SSSR count). The molecule has 120 valence electrons. The number of hydrogen-bond acceptors (Lipinski definition) is 4. The van der Waals surface area contributed by atoms with E-state index in [1.54, 1.807) is 13.2 Å². The summed E-state index contributed by atoms with van der Waals surface area (Å²) in [5.41, 5.74) is 0.965. The molecule has 0 atom stereocenters. The molecule has 2 aromatic rings. The second-order valence-electron chi connectivity index (χ2n) is 5.91. The number of rotatable bonds is 4. The van der Waals surface area contributed by atoms with Crippen molar-refractivity contribution in [2.75, 3.05) is 39.8 Å². The molecule has 0 unspecified atom stereocenters. The first-order chi connectivity index (χ1) is 11.2. The zero-order valence-electron chi connectivity index (χ0n) is 13.5. The summed E-state index contributed by atoms with van der Waals surface area (Å²) in [4.78, 5) is 4.64. The zero-order valence-corrected chi connectivity index (χ0v) is 13.5. The van der Waals surface area contributed by atoms with Crippen molar-refractivity contribution in [1.82, 2.24) is 9.80 Å². The Hall–Kier alpha value is -2.22. The predicted octanol–water partition coefficient (Wildman–Crippen LogP) is 2.30. The predicted molar refractivity (Wildman–Crippen MR) is 92.7 cm³/mol. The third-order valence-corrected chi connectivity index (χ3v) is 4.48. The van der Waals surface area contributed by atoms with E-state index in [4.69, 9.17) is 11.2 Å². The molecule has 0 saturated carbocycles. The quantitative estimate of drug-likeness (QED) is 0.879. The van der Waals surface area contributed by atoms with Crippen LogP contribution in [0, 0.1) is 12.3 Å². The van der Waals surface area contributed by atoms with E-state index in [2.05, 4.69) is 15.7 Å². The van der Waals surface area contributed by atoms with E-state index in [1.165, 1.54) is 0 Å². The second-order valence-corrected chi connectivity index (χ2v) is 5.91. The molecule has 23 heavy (non-hydrogen) atoms. The number of fused-ring (bicyclic) bond motifs is 1. The lowest BCUT2D eigenvalue weighted by Crippen LogP contribution is -2.45. The lowest BCUT2D eigenvalue weighted by Gasteiger charge is -2.34. The van der Waals surface area contributed by atoms with Gasteiger partial charge in [-0.1, -0.05) is 18.1 Å². The van der Waals surface area contributed by atoms with Gasteiger partial charge in [0.2, 0.25) is 0 Å². The lowest BCUT2D eigenvalue weighted by molar-refractivity contribution is 0.138. The molecule has 2 aromatic carbocycles. The molecule has 1 saturated heterocycles. The van der Waals surface area contributed by atoms with Crippen LogP contribution in [0.4, 0.5) is 0 Å².